The van der Waals surface area contributed by atoms with Crippen molar-refractivity contribution in [3.63, 3.8) is 0 Å². The molecule has 5 nitrogen and oxygen atoms in total. The highest BCUT2D eigenvalue weighted by Crippen LogP contribution is 2.26. The summed E-state index contributed by atoms with van der Waals surface area (Å²) in [6.45, 7) is 0.548. The number of nitrogens with two attached hydrogens (primary N) is 1. The van der Waals surface area contributed by atoms with Crippen LogP contribution >= 0.6 is 11.8 Å². The van der Waals surface area contributed by atoms with E-state index in [1.165, 1.54) is 11.8 Å². The smallest absolute Gasteiger partial charge is 0.218 e. The first kappa shape index (κ1) is 12.8. The zero-order chi connectivity index (χ0) is 13.8. The average molecular weight is 283 g/mol. The minimum Gasteiger partial charge on any atom is -0.326 e. The highest BCUT2D eigenvalue weighted by atomic mass is 32.2. The summed E-state index contributed by atoms with van der Waals surface area (Å²) in [7, 11) is 0. The van der Waals surface area contributed by atoms with E-state index in [4.69, 9.17) is 5.73 Å². The molecule has 20 heavy (non-hydrogen) atoms. The largest absolute Gasteiger partial charge is 0.326 e. The molecule has 2 aromatic carbocycles. The zero-order valence-corrected chi connectivity index (χ0v) is 11.5. The molecular formula is C14H13N5S. The van der Waals surface area contributed by atoms with E-state index >= 15 is 0 Å². The lowest BCUT2D eigenvalue weighted by atomic mass is 10.2. The van der Waals surface area contributed by atoms with Crippen LogP contribution in [0.4, 0.5) is 0 Å². The molecule has 1 aromatic heterocycles. The van der Waals surface area contributed by atoms with E-state index in [1.807, 2.05) is 54.6 Å². The summed E-state index contributed by atoms with van der Waals surface area (Å²) in [6, 6.07) is 17.9. The van der Waals surface area contributed by atoms with Crippen LogP contribution in [0.25, 0.3) is 5.69 Å². The van der Waals surface area contributed by atoms with Gasteiger partial charge in [0, 0.05) is 11.4 Å². The molecule has 0 aliphatic heterocycles. The van der Waals surface area contributed by atoms with Gasteiger partial charge in [0.2, 0.25) is 5.16 Å². The fourth-order valence-electron chi connectivity index (χ4n) is 1.77. The first-order chi connectivity index (χ1) is 9.86. The second kappa shape index (κ2) is 5.85. The quantitative estimate of drug-likeness (QED) is 0.795. The van der Waals surface area contributed by atoms with E-state index in [1.54, 1.807) is 4.68 Å². The molecule has 0 aliphatic carbocycles. The van der Waals surface area contributed by atoms with Gasteiger partial charge in [0.15, 0.2) is 0 Å². The van der Waals surface area contributed by atoms with Crippen LogP contribution in [0.15, 0.2) is 64.6 Å². The summed E-state index contributed by atoms with van der Waals surface area (Å²) in [6.07, 6.45) is 0. The van der Waals surface area contributed by atoms with E-state index in [2.05, 4.69) is 15.5 Å². The molecule has 1 heterocycles. The Balaban J connectivity index is 1.86. The second-order valence-electron chi connectivity index (χ2n) is 4.16. The van der Waals surface area contributed by atoms with Crippen molar-refractivity contribution in [1.29, 1.82) is 0 Å². The van der Waals surface area contributed by atoms with Crippen molar-refractivity contribution in [3.8, 4) is 5.69 Å². The molecule has 0 amide bonds. The number of hydrogen-bond acceptors (Lipinski definition) is 5. The Morgan fingerprint density at radius 3 is 2.45 bits per heavy atom. The van der Waals surface area contributed by atoms with E-state index in [0.29, 0.717) is 6.54 Å². The van der Waals surface area contributed by atoms with Crippen molar-refractivity contribution < 1.29 is 0 Å². The molecule has 0 spiro atoms. The molecule has 0 saturated carbocycles. The maximum Gasteiger partial charge on any atom is 0.218 e. The lowest BCUT2D eigenvalue weighted by Crippen LogP contribution is -1.98. The topological polar surface area (TPSA) is 69.6 Å². The second-order valence-corrected chi connectivity index (χ2v) is 5.20. The predicted molar refractivity (Wildman–Crippen MR) is 77.6 cm³/mol. The molecule has 0 bridgehead atoms. The van der Waals surface area contributed by atoms with Crippen molar-refractivity contribution >= 4 is 11.8 Å². The summed E-state index contributed by atoms with van der Waals surface area (Å²) in [4.78, 5) is 1.08. The third-order valence-electron chi connectivity index (χ3n) is 2.81. The molecule has 100 valence electrons. The first-order valence-electron chi connectivity index (χ1n) is 6.17. The van der Waals surface area contributed by atoms with Crippen molar-refractivity contribution in [2.75, 3.05) is 0 Å². The van der Waals surface area contributed by atoms with Crippen LogP contribution < -0.4 is 5.73 Å². The lowest BCUT2D eigenvalue weighted by Gasteiger charge is -2.04. The Hall–Kier alpha value is -2.18. The van der Waals surface area contributed by atoms with Gasteiger partial charge in [-0.3, -0.25) is 0 Å². The minimum absolute atomic E-state index is 0.548. The molecule has 0 saturated heterocycles. The average Bonchev–Trinajstić information content (AvgIpc) is 2.97. The van der Waals surface area contributed by atoms with E-state index in [9.17, 15) is 0 Å². The molecular weight excluding hydrogens is 270 g/mol. The Morgan fingerprint density at radius 1 is 1.00 bits per heavy atom. The molecule has 6 heteroatoms. The fraction of sp³-hybridized carbons (Fsp3) is 0.0714. The standard InChI is InChI=1S/C14H13N5S/c15-10-11-6-8-13(9-7-11)20-14-16-17-18-19(14)12-4-2-1-3-5-12/h1-9H,10,15H2. The monoisotopic (exact) mass is 283 g/mol. The molecule has 0 unspecified atom stereocenters. The normalized spacial score (nSPS) is 10.7. The number of benzene rings is 2. The maximum absolute atomic E-state index is 5.59. The Labute approximate surface area is 120 Å². The predicted octanol–water partition coefficient (Wildman–Crippen LogP) is 2.27. The third-order valence-corrected chi connectivity index (χ3v) is 3.75. The first-order valence-corrected chi connectivity index (χ1v) is 6.99. The SMILES string of the molecule is NCc1ccc(Sc2nnnn2-c2ccccc2)cc1. The molecule has 0 radical (unpaired) electrons. The molecule has 3 rings (SSSR count). The van der Waals surface area contributed by atoms with Crippen LogP contribution in [-0.2, 0) is 6.54 Å². The number of aromatic nitrogens is 4. The lowest BCUT2D eigenvalue weighted by molar-refractivity contribution is 0.756. The van der Waals surface area contributed by atoms with Crippen LogP contribution in [0, 0.1) is 0 Å². The highest BCUT2D eigenvalue weighted by molar-refractivity contribution is 7.99. The Morgan fingerprint density at radius 2 is 1.75 bits per heavy atom. The van der Waals surface area contributed by atoms with Crippen molar-refractivity contribution in [3.05, 3.63) is 60.2 Å². The van der Waals surface area contributed by atoms with E-state index in [0.717, 1.165) is 21.3 Å². The van der Waals surface area contributed by atoms with Gasteiger partial charge < -0.3 is 5.73 Å². The zero-order valence-electron chi connectivity index (χ0n) is 10.7. The van der Waals surface area contributed by atoms with Gasteiger partial charge in [-0.2, -0.15) is 4.68 Å². The van der Waals surface area contributed by atoms with Crippen molar-refractivity contribution in [2.45, 2.75) is 16.6 Å². The number of rotatable bonds is 4. The van der Waals surface area contributed by atoms with Gasteiger partial charge in [-0.25, -0.2) is 0 Å². The van der Waals surface area contributed by atoms with Gasteiger partial charge >= 0.3 is 0 Å². The summed E-state index contributed by atoms with van der Waals surface area (Å²) < 4.78 is 1.72. The summed E-state index contributed by atoms with van der Waals surface area (Å²) in [5, 5.41) is 12.6. The highest BCUT2D eigenvalue weighted by Gasteiger charge is 2.09. The van der Waals surface area contributed by atoms with Gasteiger partial charge in [0.05, 0.1) is 5.69 Å². The molecule has 0 aliphatic rings. The number of tetrazole rings is 1. The molecule has 0 atom stereocenters. The van der Waals surface area contributed by atoms with Gasteiger partial charge in [-0.15, -0.1) is 5.10 Å². The van der Waals surface area contributed by atoms with E-state index < -0.39 is 0 Å². The third kappa shape index (κ3) is 2.71. The Kier molecular flexibility index (Phi) is 3.76. The maximum atomic E-state index is 5.59. The molecule has 2 N–H and O–H groups in total. The molecule has 0 fully saturated rings. The summed E-state index contributed by atoms with van der Waals surface area (Å²) >= 11 is 1.52. The van der Waals surface area contributed by atoms with Crippen LogP contribution in [-0.4, -0.2) is 20.2 Å². The fourth-order valence-corrected chi connectivity index (χ4v) is 2.56. The van der Waals surface area contributed by atoms with E-state index in [-0.39, 0.29) is 0 Å². The van der Waals surface area contributed by atoms with Gasteiger partial charge in [-0.05, 0) is 52.0 Å². The van der Waals surface area contributed by atoms with Gasteiger partial charge in [0.1, 0.15) is 0 Å². The van der Waals surface area contributed by atoms with Gasteiger partial charge in [0.25, 0.3) is 0 Å². The van der Waals surface area contributed by atoms with Crippen LogP contribution in [0.2, 0.25) is 0 Å². The van der Waals surface area contributed by atoms with Crippen LogP contribution in [0.3, 0.4) is 0 Å². The number of hydrogen-bond donors (Lipinski definition) is 1. The number of nitrogens with zero attached hydrogens (tertiary/aromatic N) is 4. The Bertz CT molecular complexity index is 678. The van der Waals surface area contributed by atoms with Crippen LogP contribution in [0.5, 0.6) is 0 Å². The van der Waals surface area contributed by atoms with Crippen molar-refractivity contribution in [2.24, 2.45) is 5.73 Å². The summed E-state index contributed by atoms with van der Waals surface area (Å²) in [5.74, 6) is 0. The minimum atomic E-state index is 0.548. The van der Waals surface area contributed by atoms with Crippen molar-refractivity contribution in [1.82, 2.24) is 20.2 Å². The summed E-state index contributed by atoms with van der Waals surface area (Å²) in [5.41, 5.74) is 7.64. The number of para-hydroxylation sites is 1. The van der Waals surface area contributed by atoms with Gasteiger partial charge in [-0.1, -0.05) is 30.3 Å². The van der Waals surface area contributed by atoms with Crippen LogP contribution in [0.1, 0.15) is 5.56 Å². The molecule has 3 aromatic rings.